The van der Waals surface area contributed by atoms with E-state index in [4.69, 9.17) is 4.74 Å². The molecule has 1 heterocycles. The molecular formula is C14H25NO2. The van der Waals surface area contributed by atoms with Gasteiger partial charge in [0.25, 0.3) is 0 Å². The van der Waals surface area contributed by atoms with E-state index >= 15 is 0 Å². The number of rotatable bonds is 4. The highest BCUT2D eigenvalue weighted by molar-refractivity contribution is 5.77. The van der Waals surface area contributed by atoms with Crippen molar-refractivity contribution in [1.82, 2.24) is 5.32 Å². The normalized spacial score (nSPS) is 33.8. The lowest BCUT2D eigenvalue weighted by Gasteiger charge is -2.40. The lowest BCUT2D eigenvalue weighted by Crippen LogP contribution is -2.51. The minimum Gasteiger partial charge on any atom is -0.469 e. The number of carbonyl (C=O) groups excluding carboxylic acids is 1. The molecule has 0 aromatic rings. The highest BCUT2D eigenvalue weighted by Crippen LogP contribution is 2.46. The van der Waals surface area contributed by atoms with Gasteiger partial charge in [0.15, 0.2) is 0 Å². The number of methoxy groups -OCH3 is 1. The third kappa shape index (κ3) is 2.82. The Labute approximate surface area is 104 Å². The molecule has 3 nitrogen and oxygen atoms in total. The summed E-state index contributed by atoms with van der Waals surface area (Å²) in [5, 5.41) is 3.45. The van der Waals surface area contributed by atoms with Crippen LogP contribution in [0.4, 0.5) is 0 Å². The van der Waals surface area contributed by atoms with E-state index in [9.17, 15) is 4.79 Å². The van der Waals surface area contributed by atoms with Gasteiger partial charge in [0, 0.05) is 6.54 Å². The Kier molecular flexibility index (Phi) is 3.76. The fraction of sp³-hybridized carbons (Fsp3) is 0.929. The molecule has 1 saturated heterocycles. The number of nitrogens with one attached hydrogen (secondary N) is 1. The second-order valence-electron chi connectivity index (χ2n) is 6.26. The second-order valence-corrected chi connectivity index (χ2v) is 6.26. The van der Waals surface area contributed by atoms with E-state index in [1.807, 2.05) is 0 Å². The molecule has 0 unspecified atom stereocenters. The highest BCUT2D eigenvalue weighted by Gasteiger charge is 2.47. The van der Waals surface area contributed by atoms with E-state index in [-0.39, 0.29) is 11.4 Å². The molecule has 1 N–H and O–H groups in total. The zero-order valence-electron chi connectivity index (χ0n) is 11.3. The van der Waals surface area contributed by atoms with Crippen LogP contribution in [0.3, 0.4) is 0 Å². The lowest BCUT2D eigenvalue weighted by molar-refractivity contribution is -0.156. The highest BCUT2D eigenvalue weighted by atomic mass is 16.5. The number of esters is 1. The Morgan fingerprint density at radius 3 is 2.71 bits per heavy atom. The van der Waals surface area contributed by atoms with Crippen LogP contribution in [-0.2, 0) is 9.53 Å². The standard InChI is InChI=1S/C14H25NO2/c1-10(2)12-7-14(9-15-8-12,13(16)17-3)6-11-4-5-11/h10-12,15H,4-9H2,1-3H3/t12-,14-/m1/s1. The summed E-state index contributed by atoms with van der Waals surface area (Å²) in [6, 6.07) is 0. The predicted molar refractivity (Wildman–Crippen MR) is 67.6 cm³/mol. The SMILES string of the molecule is COC(=O)[C@@]1(CC2CC2)CNC[C@H](C(C)C)C1. The van der Waals surface area contributed by atoms with E-state index in [0.717, 1.165) is 31.8 Å². The first-order valence-corrected chi connectivity index (χ1v) is 6.86. The van der Waals surface area contributed by atoms with Crippen LogP contribution in [0, 0.1) is 23.2 Å². The van der Waals surface area contributed by atoms with E-state index in [2.05, 4.69) is 19.2 Å². The first-order valence-electron chi connectivity index (χ1n) is 6.86. The monoisotopic (exact) mass is 239 g/mol. The van der Waals surface area contributed by atoms with Gasteiger partial charge in [-0.05, 0) is 37.1 Å². The van der Waals surface area contributed by atoms with Crippen LogP contribution in [0.5, 0.6) is 0 Å². The summed E-state index contributed by atoms with van der Waals surface area (Å²) in [5.41, 5.74) is -0.247. The van der Waals surface area contributed by atoms with Crippen molar-refractivity contribution in [1.29, 1.82) is 0 Å². The molecule has 0 amide bonds. The molecule has 2 rings (SSSR count). The van der Waals surface area contributed by atoms with Crippen molar-refractivity contribution < 1.29 is 9.53 Å². The third-order valence-electron chi connectivity index (χ3n) is 4.46. The van der Waals surface area contributed by atoms with E-state index in [1.165, 1.54) is 20.0 Å². The fourth-order valence-electron chi connectivity index (χ4n) is 3.10. The Balaban J connectivity index is 2.10. The molecule has 0 radical (unpaired) electrons. The van der Waals surface area contributed by atoms with Crippen molar-refractivity contribution in [2.45, 2.75) is 39.5 Å². The average molecular weight is 239 g/mol. The molecular weight excluding hydrogens is 214 g/mol. The van der Waals surface area contributed by atoms with Gasteiger partial charge in [-0.1, -0.05) is 26.7 Å². The Morgan fingerprint density at radius 2 is 2.18 bits per heavy atom. The molecule has 2 atom stereocenters. The maximum absolute atomic E-state index is 12.2. The molecule has 0 aromatic heterocycles. The molecule has 3 heteroatoms. The van der Waals surface area contributed by atoms with Crippen LogP contribution in [0.1, 0.15) is 39.5 Å². The van der Waals surface area contributed by atoms with Crippen molar-refractivity contribution in [3.05, 3.63) is 0 Å². The van der Waals surface area contributed by atoms with Gasteiger partial charge in [-0.2, -0.15) is 0 Å². The lowest BCUT2D eigenvalue weighted by atomic mass is 9.70. The van der Waals surface area contributed by atoms with Gasteiger partial charge in [0.05, 0.1) is 12.5 Å². The largest absolute Gasteiger partial charge is 0.469 e. The molecule has 0 bridgehead atoms. The van der Waals surface area contributed by atoms with Crippen LogP contribution in [0.2, 0.25) is 0 Å². The Bertz CT molecular complexity index is 286. The van der Waals surface area contributed by atoms with Crippen LogP contribution >= 0.6 is 0 Å². The molecule has 0 aromatic carbocycles. The van der Waals surface area contributed by atoms with Crippen molar-refractivity contribution >= 4 is 5.97 Å². The zero-order valence-corrected chi connectivity index (χ0v) is 11.3. The molecule has 98 valence electrons. The number of hydrogen-bond acceptors (Lipinski definition) is 3. The van der Waals surface area contributed by atoms with Gasteiger partial charge in [-0.15, -0.1) is 0 Å². The van der Waals surface area contributed by atoms with Crippen molar-refractivity contribution in [3.8, 4) is 0 Å². The molecule has 1 saturated carbocycles. The summed E-state index contributed by atoms with van der Waals surface area (Å²) >= 11 is 0. The smallest absolute Gasteiger partial charge is 0.313 e. The van der Waals surface area contributed by atoms with E-state index in [1.54, 1.807) is 0 Å². The molecule has 2 aliphatic rings. The topological polar surface area (TPSA) is 38.3 Å². The first kappa shape index (κ1) is 12.9. The minimum absolute atomic E-state index is 0.00208. The van der Waals surface area contributed by atoms with Gasteiger partial charge < -0.3 is 10.1 Å². The molecule has 2 fully saturated rings. The van der Waals surface area contributed by atoms with Crippen molar-refractivity contribution in [2.75, 3.05) is 20.2 Å². The summed E-state index contributed by atoms with van der Waals surface area (Å²) in [5.74, 6) is 2.00. The predicted octanol–water partition coefficient (Wildman–Crippen LogP) is 2.21. The van der Waals surface area contributed by atoms with Gasteiger partial charge in [-0.25, -0.2) is 0 Å². The average Bonchev–Trinajstić information content (AvgIpc) is 3.12. The number of piperidine rings is 1. The quantitative estimate of drug-likeness (QED) is 0.764. The van der Waals surface area contributed by atoms with Crippen LogP contribution in [0.25, 0.3) is 0 Å². The molecule has 0 spiro atoms. The maximum atomic E-state index is 12.2. The number of hydrogen-bond donors (Lipinski definition) is 1. The first-order chi connectivity index (χ1) is 8.07. The fourth-order valence-corrected chi connectivity index (χ4v) is 3.10. The van der Waals surface area contributed by atoms with Crippen LogP contribution in [0.15, 0.2) is 0 Å². The van der Waals surface area contributed by atoms with Gasteiger partial charge in [0.1, 0.15) is 0 Å². The summed E-state index contributed by atoms with van der Waals surface area (Å²) < 4.78 is 5.07. The van der Waals surface area contributed by atoms with Gasteiger partial charge in [-0.3, -0.25) is 4.79 Å². The van der Waals surface area contributed by atoms with Gasteiger partial charge >= 0.3 is 5.97 Å². The Hall–Kier alpha value is -0.570. The number of carbonyl (C=O) groups is 1. The molecule has 1 aliphatic carbocycles. The summed E-state index contributed by atoms with van der Waals surface area (Å²) in [7, 11) is 1.52. The second kappa shape index (κ2) is 4.97. The summed E-state index contributed by atoms with van der Waals surface area (Å²) in [6.45, 7) is 6.34. The molecule has 17 heavy (non-hydrogen) atoms. The van der Waals surface area contributed by atoms with Crippen molar-refractivity contribution in [3.63, 3.8) is 0 Å². The van der Waals surface area contributed by atoms with E-state index < -0.39 is 0 Å². The number of ether oxygens (including phenoxy) is 1. The van der Waals surface area contributed by atoms with Gasteiger partial charge in [0.2, 0.25) is 0 Å². The van der Waals surface area contributed by atoms with E-state index in [0.29, 0.717) is 11.8 Å². The minimum atomic E-state index is -0.247. The van der Waals surface area contributed by atoms with Crippen LogP contribution < -0.4 is 5.32 Å². The van der Waals surface area contributed by atoms with Crippen LogP contribution in [-0.4, -0.2) is 26.2 Å². The zero-order chi connectivity index (χ0) is 12.5. The third-order valence-corrected chi connectivity index (χ3v) is 4.46. The maximum Gasteiger partial charge on any atom is 0.313 e. The summed E-state index contributed by atoms with van der Waals surface area (Å²) in [6.07, 6.45) is 4.62. The summed E-state index contributed by atoms with van der Waals surface area (Å²) in [4.78, 5) is 12.2. The van der Waals surface area contributed by atoms with Crippen molar-refractivity contribution in [2.24, 2.45) is 23.2 Å². The molecule has 1 aliphatic heterocycles. The Morgan fingerprint density at radius 1 is 1.47 bits per heavy atom.